The predicted octanol–water partition coefficient (Wildman–Crippen LogP) is 4.14. The molecule has 0 saturated heterocycles. The van der Waals surface area contributed by atoms with Crippen molar-refractivity contribution >= 4 is 5.91 Å². The molecular weight excluding hydrogens is 305 g/mol. The molecule has 24 heavy (non-hydrogen) atoms. The lowest BCUT2D eigenvalue weighted by Gasteiger charge is -2.09. The third kappa shape index (κ3) is 5.88. The summed E-state index contributed by atoms with van der Waals surface area (Å²) < 4.78 is 18.4. The number of carbonyl (C=O) groups is 1. The summed E-state index contributed by atoms with van der Waals surface area (Å²) in [4.78, 5) is 12.2. The second kappa shape index (κ2) is 8.87. The van der Waals surface area contributed by atoms with Crippen LogP contribution in [0.5, 0.6) is 5.75 Å². The maximum absolute atomic E-state index is 12.8. The Morgan fingerprint density at radius 2 is 1.96 bits per heavy atom. The fourth-order valence-electron chi connectivity index (χ4n) is 2.18. The highest BCUT2D eigenvalue weighted by atomic mass is 19.1. The minimum Gasteiger partial charge on any atom is -0.489 e. The van der Waals surface area contributed by atoms with Crippen molar-refractivity contribution in [2.24, 2.45) is 0 Å². The molecule has 4 heteroatoms. The average Bonchev–Trinajstić information content (AvgIpc) is 2.58. The number of nitrogens with one attached hydrogen (secondary N) is 1. The van der Waals surface area contributed by atoms with Gasteiger partial charge in [-0.2, -0.15) is 0 Å². The molecule has 3 nitrogen and oxygen atoms in total. The lowest BCUT2D eigenvalue weighted by Crippen LogP contribution is -2.24. The van der Waals surface area contributed by atoms with Gasteiger partial charge in [0.05, 0.1) is 0 Å². The van der Waals surface area contributed by atoms with Gasteiger partial charge in [0.1, 0.15) is 18.2 Å². The van der Waals surface area contributed by atoms with Crippen molar-refractivity contribution in [2.45, 2.75) is 19.8 Å². The van der Waals surface area contributed by atoms with Crippen LogP contribution >= 0.6 is 0 Å². The first-order valence-corrected chi connectivity index (χ1v) is 7.94. The monoisotopic (exact) mass is 327 g/mol. The fourth-order valence-corrected chi connectivity index (χ4v) is 2.18. The fraction of sp³-hybridized carbons (Fsp3) is 0.250. The molecule has 0 aromatic heterocycles. The van der Waals surface area contributed by atoms with Crippen LogP contribution in [0.4, 0.5) is 4.39 Å². The SMILES string of the molecule is C=C(C)COc1cccc(C(=O)NCCCc2ccc(F)cc2)c1. The lowest BCUT2D eigenvalue weighted by molar-refractivity contribution is 0.0953. The van der Waals surface area contributed by atoms with Crippen LogP contribution in [0.25, 0.3) is 0 Å². The van der Waals surface area contributed by atoms with E-state index in [9.17, 15) is 9.18 Å². The Morgan fingerprint density at radius 3 is 2.67 bits per heavy atom. The first-order chi connectivity index (χ1) is 11.5. The molecule has 0 bridgehead atoms. The predicted molar refractivity (Wildman–Crippen MR) is 93.8 cm³/mol. The normalized spacial score (nSPS) is 10.2. The van der Waals surface area contributed by atoms with Crippen molar-refractivity contribution in [3.63, 3.8) is 0 Å². The molecule has 0 aliphatic heterocycles. The smallest absolute Gasteiger partial charge is 0.251 e. The average molecular weight is 327 g/mol. The van der Waals surface area contributed by atoms with Gasteiger partial charge >= 0.3 is 0 Å². The second-order valence-corrected chi connectivity index (χ2v) is 5.76. The highest BCUT2D eigenvalue weighted by molar-refractivity contribution is 5.94. The van der Waals surface area contributed by atoms with E-state index in [1.807, 2.05) is 13.0 Å². The van der Waals surface area contributed by atoms with Gasteiger partial charge in [-0.25, -0.2) is 4.39 Å². The molecule has 2 rings (SSSR count). The van der Waals surface area contributed by atoms with Gasteiger partial charge in [-0.1, -0.05) is 24.8 Å². The number of carbonyl (C=O) groups excluding carboxylic acids is 1. The Hall–Kier alpha value is -2.62. The van der Waals surface area contributed by atoms with Gasteiger partial charge < -0.3 is 10.1 Å². The zero-order chi connectivity index (χ0) is 17.4. The van der Waals surface area contributed by atoms with Crippen LogP contribution in [-0.2, 0) is 6.42 Å². The van der Waals surface area contributed by atoms with Gasteiger partial charge in [0.15, 0.2) is 0 Å². The number of amides is 1. The minimum atomic E-state index is -0.235. The number of ether oxygens (including phenoxy) is 1. The van der Waals surface area contributed by atoms with Crippen molar-refractivity contribution < 1.29 is 13.9 Å². The van der Waals surface area contributed by atoms with E-state index in [0.29, 0.717) is 24.5 Å². The third-order valence-corrected chi connectivity index (χ3v) is 3.42. The Bertz CT molecular complexity index is 695. The van der Waals surface area contributed by atoms with E-state index in [2.05, 4.69) is 11.9 Å². The summed E-state index contributed by atoms with van der Waals surface area (Å²) in [6.07, 6.45) is 1.59. The summed E-state index contributed by atoms with van der Waals surface area (Å²) in [6, 6.07) is 13.5. The first kappa shape index (κ1) is 17.7. The van der Waals surface area contributed by atoms with E-state index in [1.165, 1.54) is 12.1 Å². The topological polar surface area (TPSA) is 38.3 Å². The molecule has 0 saturated carbocycles. The van der Waals surface area contributed by atoms with Gasteiger partial charge in [-0.3, -0.25) is 4.79 Å². The highest BCUT2D eigenvalue weighted by Gasteiger charge is 2.06. The van der Waals surface area contributed by atoms with E-state index in [4.69, 9.17) is 4.74 Å². The summed E-state index contributed by atoms with van der Waals surface area (Å²) in [7, 11) is 0. The zero-order valence-corrected chi connectivity index (χ0v) is 13.8. The Balaban J connectivity index is 1.78. The molecule has 0 unspecified atom stereocenters. The molecule has 0 fully saturated rings. The number of hydrogen-bond donors (Lipinski definition) is 1. The number of benzene rings is 2. The summed E-state index contributed by atoms with van der Waals surface area (Å²) in [6.45, 7) is 6.66. The number of rotatable bonds is 8. The van der Waals surface area contributed by atoms with Crippen LogP contribution in [0.1, 0.15) is 29.3 Å². The van der Waals surface area contributed by atoms with Crippen molar-refractivity contribution in [3.8, 4) is 5.75 Å². The second-order valence-electron chi connectivity index (χ2n) is 5.76. The van der Waals surface area contributed by atoms with Crippen molar-refractivity contribution in [3.05, 3.63) is 77.6 Å². The van der Waals surface area contributed by atoms with Crippen molar-refractivity contribution in [2.75, 3.05) is 13.2 Å². The molecule has 0 atom stereocenters. The van der Waals surface area contributed by atoms with Crippen molar-refractivity contribution in [1.29, 1.82) is 0 Å². The maximum Gasteiger partial charge on any atom is 0.251 e. The van der Waals surface area contributed by atoms with E-state index < -0.39 is 0 Å². The standard InChI is InChI=1S/C20H22FNO2/c1-15(2)14-24-19-7-3-6-17(13-19)20(23)22-12-4-5-16-8-10-18(21)11-9-16/h3,6-11,13H,1,4-5,12,14H2,2H3,(H,22,23). The number of halogens is 1. The molecule has 126 valence electrons. The summed E-state index contributed by atoms with van der Waals surface area (Å²) in [5, 5.41) is 2.89. The molecule has 0 aliphatic carbocycles. The van der Waals surface area contributed by atoms with Crippen LogP contribution in [0.15, 0.2) is 60.7 Å². The number of aryl methyl sites for hydroxylation is 1. The summed E-state index contributed by atoms with van der Waals surface area (Å²) in [5.74, 6) is 0.285. The molecule has 2 aromatic rings. The number of hydrogen-bond acceptors (Lipinski definition) is 2. The molecule has 0 aliphatic rings. The summed E-state index contributed by atoms with van der Waals surface area (Å²) in [5.41, 5.74) is 2.54. The van der Waals surface area contributed by atoms with Gasteiger partial charge in [0.25, 0.3) is 5.91 Å². The van der Waals surface area contributed by atoms with Crippen LogP contribution < -0.4 is 10.1 Å². The first-order valence-electron chi connectivity index (χ1n) is 7.94. The van der Waals surface area contributed by atoms with Gasteiger partial charge in [-0.15, -0.1) is 0 Å². The molecule has 0 heterocycles. The van der Waals surface area contributed by atoms with Gasteiger partial charge in [0.2, 0.25) is 0 Å². The largest absolute Gasteiger partial charge is 0.489 e. The maximum atomic E-state index is 12.8. The van der Waals surface area contributed by atoms with E-state index in [0.717, 1.165) is 24.0 Å². The molecule has 0 radical (unpaired) electrons. The van der Waals surface area contributed by atoms with Gasteiger partial charge in [0, 0.05) is 12.1 Å². The molecule has 1 N–H and O–H groups in total. The van der Waals surface area contributed by atoms with Crippen molar-refractivity contribution in [1.82, 2.24) is 5.32 Å². The van der Waals surface area contributed by atoms with Crippen LogP contribution in [0, 0.1) is 5.82 Å². The Kier molecular flexibility index (Phi) is 6.55. The van der Waals surface area contributed by atoms with Crippen LogP contribution in [0.3, 0.4) is 0 Å². The Morgan fingerprint density at radius 1 is 1.21 bits per heavy atom. The molecular formula is C20H22FNO2. The zero-order valence-electron chi connectivity index (χ0n) is 13.8. The lowest BCUT2D eigenvalue weighted by atomic mass is 10.1. The Labute approximate surface area is 142 Å². The third-order valence-electron chi connectivity index (χ3n) is 3.42. The van der Waals surface area contributed by atoms with Gasteiger partial charge in [-0.05, 0) is 61.2 Å². The molecule has 0 spiro atoms. The highest BCUT2D eigenvalue weighted by Crippen LogP contribution is 2.14. The van der Waals surface area contributed by atoms with E-state index in [1.54, 1.807) is 30.3 Å². The molecule has 1 amide bonds. The quantitative estimate of drug-likeness (QED) is 0.584. The van der Waals surface area contributed by atoms with Crippen LogP contribution in [0.2, 0.25) is 0 Å². The minimum absolute atomic E-state index is 0.130. The molecule has 2 aromatic carbocycles. The van der Waals surface area contributed by atoms with E-state index in [-0.39, 0.29) is 11.7 Å². The summed E-state index contributed by atoms with van der Waals surface area (Å²) >= 11 is 0. The van der Waals surface area contributed by atoms with E-state index >= 15 is 0 Å². The van der Waals surface area contributed by atoms with Crippen LogP contribution in [-0.4, -0.2) is 19.1 Å².